The molecule has 0 aliphatic rings. The van der Waals surface area contributed by atoms with Gasteiger partial charge in [0, 0.05) is 0 Å². The smallest absolute Gasteiger partial charge is 0.293 e. The molecule has 0 N–H and O–H groups in total. The Bertz CT molecular complexity index is 105. The van der Waals surface area contributed by atoms with Crippen LogP contribution in [-0.2, 0) is 9.53 Å². The Morgan fingerprint density at radius 3 is 3.00 bits per heavy atom. The lowest BCUT2D eigenvalue weighted by atomic mass is 10.2. The van der Waals surface area contributed by atoms with Crippen molar-refractivity contribution in [1.29, 1.82) is 5.26 Å². The second-order valence-corrected chi connectivity index (χ2v) is 1.46. The standard InChI is InChI=1S/C5H7NO2/c1-5(2-6)3-8-4-7/h4-5H,3H2,1H3. The zero-order valence-corrected chi connectivity index (χ0v) is 4.63. The summed E-state index contributed by atoms with van der Waals surface area (Å²) >= 11 is 0. The molecular weight excluding hydrogens is 106 g/mol. The first-order valence-electron chi connectivity index (χ1n) is 2.26. The van der Waals surface area contributed by atoms with Gasteiger partial charge in [0.1, 0.15) is 6.61 Å². The zero-order chi connectivity index (χ0) is 6.41. The number of hydrogen-bond acceptors (Lipinski definition) is 3. The minimum atomic E-state index is -0.194. The van der Waals surface area contributed by atoms with E-state index in [4.69, 9.17) is 5.26 Å². The molecule has 0 aromatic rings. The highest BCUT2D eigenvalue weighted by atomic mass is 16.5. The van der Waals surface area contributed by atoms with Crippen molar-refractivity contribution < 1.29 is 9.53 Å². The van der Waals surface area contributed by atoms with Gasteiger partial charge in [-0.25, -0.2) is 0 Å². The summed E-state index contributed by atoms with van der Waals surface area (Å²) in [5.74, 6) is -0.194. The minimum Gasteiger partial charge on any atom is -0.467 e. The summed E-state index contributed by atoms with van der Waals surface area (Å²) in [6, 6.07) is 1.92. The molecule has 0 spiro atoms. The molecule has 0 aromatic carbocycles. The number of ether oxygens (including phenoxy) is 1. The highest BCUT2D eigenvalue weighted by Gasteiger charge is 1.95. The summed E-state index contributed by atoms with van der Waals surface area (Å²) in [7, 11) is 0. The number of nitriles is 1. The quantitative estimate of drug-likeness (QED) is 0.495. The summed E-state index contributed by atoms with van der Waals surface area (Å²) in [6.07, 6.45) is 0. The molecule has 0 fully saturated rings. The van der Waals surface area contributed by atoms with Crippen LogP contribution in [0.5, 0.6) is 0 Å². The second kappa shape index (κ2) is 4.13. The number of carbonyl (C=O) groups excluding carboxylic acids is 1. The summed E-state index contributed by atoms with van der Waals surface area (Å²) in [4.78, 5) is 9.49. The van der Waals surface area contributed by atoms with Gasteiger partial charge in [-0.15, -0.1) is 0 Å². The van der Waals surface area contributed by atoms with Crippen LogP contribution in [0.2, 0.25) is 0 Å². The van der Waals surface area contributed by atoms with Crippen molar-refractivity contribution >= 4 is 6.47 Å². The van der Waals surface area contributed by atoms with Crippen molar-refractivity contribution in [1.82, 2.24) is 0 Å². The minimum absolute atomic E-state index is 0.194. The summed E-state index contributed by atoms with van der Waals surface area (Å²) < 4.78 is 4.28. The van der Waals surface area contributed by atoms with Crippen LogP contribution in [-0.4, -0.2) is 13.1 Å². The van der Waals surface area contributed by atoms with Crippen LogP contribution < -0.4 is 0 Å². The molecule has 0 aromatic heterocycles. The number of nitrogens with zero attached hydrogens (tertiary/aromatic N) is 1. The highest BCUT2D eigenvalue weighted by Crippen LogP contribution is 1.89. The normalized spacial score (nSPS) is 11.5. The molecule has 0 bridgehead atoms. The lowest BCUT2D eigenvalue weighted by molar-refractivity contribution is -0.129. The van der Waals surface area contributed by atoms with E-state index in [-0.39, 0.29) is 12.5 Å². The van der Waals surface area contributed by atoms with Crippen LogP contribution in [0.3, 0.4) is 0 Å². The summed E-state index contributed by atoms with van der Waals surface area (Å²) in [5.41, 5.74) is 0. The van der Waals surface area contributed by atoms with E-state index in [2.05, 4.69) is 4.74 Å². The van der Waals surface area contributed by atoms with Crippen LogP contribution in [0.15, 0.2) is 0 Å². The van der Waals surface area contributed by atoms with Crippen molar-refractivity contribution in [2.75, 3.05) is 6.61 Å². The Kier molecular flexibility index (Phi) is 3.59. The molecule has 0 heterocycles. The fraction of sp³-hybridized carbons (Fsp3) is 0.600. The third-order valence-corrected chi connectivity index (χ3v) is 0.635. The Morgan fingerprint density at radius 2 is 2.62 bits per heavy atom. The van der Waals surface area contributed by atoms with Gasteiger partial charge in [-0.1, -0.05) is 0 Å². The number of carbonyl (C=O) groups is 1. The van der Waals surface area contributed by atoms with Gasteiger partial charge in [0.2, 0.25) is 0 Å². The average molecular weight is 113 g/mol. The topological polar surface area (TPSA) is 50.1 Å². The van der Waals surface area contributed by atoms with Gasteiger partial charge >= 0.3 is 0 Å². The molecule has 1 atom stereocenters. The van der Waals surface area contributed by atoms with Crippen molar-refractivity contribution in [3.8, 4) is 6.07 Å². The molecule has 0 amide bonds. The molecule has 3 nitrogen and oxygen atoms in total. The SMILES string of the molecule is CC(C#N)COC=O. The fourth-order valence-electron chi connectivity index (χ4n) is 0.221. The maximum absolute atomic E-state index is 9.49. The van der Waals surface area contributed by atoms with Gasteiger partial charge in [0.05, 0.1) is 12.0 Å². The van der Waals surface area contributed by atoms with E-state index in [9.17, 15) is 4.79 Å². The second-order valence-electron chi connectivity index (χ2n) is 1.46. The summed E-state index contributed by atoms with van der Waals surface area (Å²) in [5, 5.41) is 8.12. The average Bonchev–Trinajstić information content (AvgIpc) is 1.83. The lowest BCUT2D eigenvalue weighted by Crippen LogP contribution is -2.00. The molecule has 0 aliphatic carbocycles. The molecule has 8 heavy (non-hydrogen) atoms. The van der Waals surface area contributed by atoms with Crippen molar-refractivity contribution in [3.63, 3.8) is 0 Å². The van der Waals surface area contributed by atoms with Crippen molar-refractivity contribution in [2.45, 2.75) is 6.92 Å². The number of rotatable bonds is 3. The first kappa shape index (κ1) is 6.96. The first-order valence-corrected chi connectivity index (χ1v) is 2.26. The number of hydrogen-bond donors (Lipinski definition) is 0. The van der Waals surface area contributed by atoms with E-state index < -0.39 is 0 Å². The Hall–Kier alpha value is -1.04. The molecule has 0 saturated heterocycles. The molecule has 0 radical (unpaired) electrons. The van der Waals surface area contributed by atoms with E-state index in [1.807, 2.05) is 6.07 Å². The molecular formula is C5H7NO2. The van der Waals surface area contributed by atoms with Crippen LogP contribution in [0.1, 0.15) is 6.92 Å². The van der Waals surface area contributed by atoms with E-state index in [1.54, 1.807) is 6.92 Å². The van der Waals surface area contributed by atoms with E-state index >= 15 is 0 Å². The Balaban J connectivity index is 3.14. The molecule has 1 unspecified atom stereocenters. The van der Waals surface area contributed by atoms with Gasteiger partial charge < -0.3 is 4.74 Å². The van der Waals surface area contributed by atoms with Gasteiger partial charge in [0.15, 0.2) is 0 Å². The van der Waals surface area contributed by atoms with Crippen LogP contribution >= 0.6 is 0 Å². The largest absolute Gasteiger partial charge is 0.467 e. The van der Waals surface area contributed by atoms with Gasteiger partial charge in [-0.05, 0) is 6.92 Å². The fourth-order valence-corrected chi connectivity index (χ4v) is 0.221. The predicted molar refractivity (Wildman–Crippen MR) is 26.8 cm³/mol. The predicted octanol–water partition coefficient (Wildman–Crippen LogP) is 0.319. The van der Waals surface area contributed by atoms with E-state index in [0.717, 1.165) is 0 Å². The molecule has 0 rings (SSSR count). The Labute approximate surface area is 47.9 Å². The van der Waals surface area contributed by atoms with E-state index in [1.165, 1.54) is 0 Å². The maximum atomic E-state index is 9.49. The molecule has 3 heteroatoms. The third kappa shape index (κ3) is 3.16. The van der Waals surface area contributed by atoms with Crippen molar-refractivity contribution in [3.05, 3.63) is 0 Å². The highest BCUT2D eigenvalue weighted by molar-refractivity contribution is 5.36. The Morgan fingerprint density at radius 1 is 2.00 bits per heavy atom. The van der Waals surface area contributed by atoms with Crippen LogP contribution in [0.4, 0.5) is 0 Å². The third-order valence-electron chi connectivity index (χ3n) is 0.635. The zero-order valence-electron chi connectivity index (χ0n) is 4.63. The first-order chi connectivity index (χ1) is 3.81. The van der Waals surface area contributed by atoms with E-state index in [0.29, 0.717) is 6.47 Å². The monoisotopic (exact) mass is 113 g/mol. The maximum Gasteiger partial charge on any atom is 0.293 e. The van der Waals surface area contributed by atoms with Crippen LogP contribution in [0.25, 0.3) is 0 Å². The molecule has 44 valence electrons. The molecule has 0 saturated carbocycles. The summed E-state index contributed by atoms with van der Waals surface area (Å²) in [6.45, 7) is 2.22. The van der Waals surface area contributed by atoms with Crippen molar-refractivity contribution in [2.24, 2.45) is 5.92 Å². The van der Waals surface area contributed by atoms with Crippen LogP contribution in [0, 0.1) is 17.2 Å². The lowest BCUT2D eigenvalue weighted by Gasteiger charge is -1.95. The van der Waals surface area contributed by atoms with Gasteiger partial charge in [-0.3, -0.25) is 4.79 Å². The molecule has 0 aliphatic heterocycles. The van der Waals surface area contributed by atoms with Gasteiger partial charge in [0.25, 0.3) is 6.47 Å². The van der Waals surface area contributed by atoms with Gasteiger partial charge in [-0.2, -0.15) is 5.26 Å².